The lowest BCUT2D eigenvalue weighted by molar-refractivity contribution is -0.140. The highest BCUT2D eigenvalue weighted by molar-refractivity contribution is 6.46. The molecule has 9 nitrogen and oxygen atoms in total. The number of hydrogen-bond donors (Lipinski definition) is 1. The lowest BCUT2D eigenvalue weighted by Gasteiger charge is -2.31. The van der Waals surface area contributed by atoms with E-state index in [1.165, 1.54) is 0 Å². The van der Waals surface area contributed by atoms with Gasteiger partial charge in [-0.15, -0.1) is 0 Å². The van der Waals surface area contributed by atoms with Crippen LogP contribution in [0.1, 0.15) is 56.8 Å². The van der Waals surface area contributed by atoms with E-state index in [-0.39, 0.29) is 11.3 Å². The number of rotatable bonds is 13. The third-order valence-electron chi connectivity index (χ3n) is 7.79. The molecule has 9 heteroatoms. The van der Waals surface area contributed by atoms with Crippen LogP contribution in [0.3, 0.4) is 0 Å². The number of carbonyl (C=O) groups is 2. The molecule has 2 aromatic rings. The average molecular weight is 595 g/mol. The first-order valence-corrected chi connectivity index (χ1v) is 15.2. The molecule has 1 unspecified atom stereocenters. The topological polar surface area (TPSA) is 97.8 Å². The number of ether oxygens (including phenoxy) is 4. The van der Waals surface area contributed by atoms with E-state index in [1.807, 2.05) is 25.1 Å². The first kappa shape index (κ1) is 32.4. The van der Waals surface area contributed by atoms with Gasteiger partial charge in [-0.3, -0.25) is 14.5 Å². The number of hydrogen-bond acceptors (Lipinski definition) is 8. The Balaban J connectivity index is 1.73. The number of amides is 1. The van der Waals surface area contributed by atoms with Gasteiger partial charge in [-0.05, 0) is 66.6 Å². The van der Waals surface area contributed by atoms with E-state index < -0.39 is 17.7 Å². The summed E-state index contributed by atoms with van der Waals surface area (Å²) in [7, 11) is 1.57. The number of morpholine rings is 1. The minimum atomic E-state index is -0.795. The minimum Gasteiger partial charge on any atom is -0.507 e. The summed E-state index contributed by atoms with van der Waals surface area (Å²) >= 11 is 0. The van der Waals surface area contributed by atoms with Crippen LogP contribution in [0.5, 0.6) is 17.2 Å². The number of ketones is 1. The van der Waals surface area contributed by atoms with Crippen LogP contribution >= 0.6 is 0 Å². The Morgan fingerprint density at radius 1 is 0.977 bits per heavy atom. The van der Waals surface area contributed by atoms with E-state index in [1.54, 1.807) is 30.2 Å². The van der Waals surface area contributed by atoms with Crippen molar-refractivity contribution in [3.63, 3.8) is 0 Å². The molecular formula is C34H46N2O7. The van der Waals surface area contributed by atoms with Gasteiger partial charge in [0.15, 0.2) is 11.5 Å². The number of nitrogens with zero attached hydrogens (tertiary/aromatic N) is 2. The summed E-state index contributed by atoms with van der Waals surface area (Å²) < 4.78 is 23.0. The maximum atomic E-state index is 13.6. The van der Waals surface area contributed by atoms with E-state index in [9.17, 15) is 14.7 Å². The zero-order chi connectivity index (χ0) is 31.1. The largest absolute Gasteiger partial charge is 0.507 e. The fourth-order valence-electron chi connectivity index (χ4n) is 5.31. The monoisotopic (exact) mass is 594 g/mol. The Labute approximate surface area is 255 Å². The number of carbonyl (C=O) groups excluding carboxylic acids is 2. The smallest absolute Gasteiger partial charge is 0.295 e. The summed E-state index contributed by atoms with van der Waals surface area (Å²) in [6.45, 7) is 15.1. The van der Waals surface area contributed by atoms with Crippen LogP contribution in [0.15, 0.2) is 42.0 Å². The molecule has 0 bridgehead atoms. The number of Topliss-reactive ketones (excluding diaryl/α,β-unsaturated/α-hetero) is 1. The number of likely N-dealkylation sites (tertiary alicyclic amines) is 1. The summed E-state index contributed by atoms with van der Waals surface area (Å²) in [5.74, 6) is 1.09. The molecule has 2 fully saturated rings. The normalized spacial score (nSPS) is 19.0. The SMILES string of the molecule is COc1cc(C2/C(=C(\O)c3ccc(OCC(C)C)cc3C)C(=O)C(=O)N2CCN2CCOCC2)ccc1OCCC(C)C. The van der Waals surface area contributed by atoms with Crippen LogP contribution in [0.4, 0.5) is 0 Å². The molecule has 43 heavy (non-hydrogen) atoms. The molecule has 1 N–H and O–H groups in total. The number of methoxy groups -OCH3 is 1. The van der Waals surface area contributed by atoms with Crippen LogP contribution in [0, 0.1) is 18.8 Å². The molecule has 0 aromatic heterocycles. The predicted molar refractivity (Wildman–Crippen MR) is 166 cm³/mol. The molecule has 1 amide bonds. The van der Waals surface area contributed by atoms with Crippen molar-refractivity contribution >= 4 is 17.4 Å². The summed E-state index contributed by atoms with van der Waals surface area (Å²) in [5.41, 5.74) is 1.93. The van der Waals surface area contributed by atoms with Crippen molar-refractivity contribution in [2.45, 2.75) is 47.1 Å². The van der Waals surface area contributed by atoms with Crippen molar-refractivity contribution in [2.75, 3.05) is 59.7 Å². The molecule has 2 saturated heterocycles. The molecule has 234 valence electrons. The summed E-state index contributed by atoms with van der Waals surface area (Å²) in [6, 6.07) is 10.0. The quantitative estimate of drug-likeness (QED) is 0.192. The summed E-state index contributed by atoms with van der Waals surface area (Å²) in [4.78, 5) is 30.9. The molecule has 2 aromatic carbocycles. The van der Waals surface area contributed by atoms with Gasteiger partial charge in [0.05, 0.1) is 45.2 Å². The van der Waals surface area contributed by atoms with Gasteiger partial charge >= 0.3 is 0 Å². The highest BCUT2D eigenvalue weighted by atomic mass is 16.5. The maximum absolute atomic E-state index is 13.6. The van der Waals surface area contributed by atoms with Gasteiger partial charge in [0.2, 0.25) is 0 Å². The van der Waals surface area contributed by atoms with Gasteiger partial charge in [-0.2, -0.15) is 0 Å². The summed E-state index contributed by atoms with van der Waals surface area (Å²) in [6.07, 6.45) is 0.896. The van der Waals surface area contributed by atoms with Crippen LogP contribution in [0.2, 0.25) is 0 Å². The second kappa shape index (κ2) is 14.8. The number of aryl methyl sites for hydroxylation is 1. The Morgan fingerprint density at radius 2 is 1.72 bits per heavy atom. The van der Waals surface area contributed by atoms with E-state index in [0.29, 0.717) is 79.7 Å². The highest BCUT2D eigenvalue weighted by Crippen LogP contribution is 2.42. The van der Waals surface area contributed by atoms with Crippen LogP contribution in [0.25, 0.3) is 5.76 Å². The molecule has 2 aliphatic rings. The van der Waals surface area contributed by atoms with Gasteiger partial charge in [0.1, 0.15) is 11.5 Å². The second-order valence-electron chi connectivity index (χ2n) is 12.1. The molecule has 0 aliphatic carbocycles. The first-order valence-electron chi connectivity index (χ1n) is 15.2. The molecule has 2 heterocycles. The van der Waals surface area contributed by atoms with Crippen LogP contribution in [-0.2, 0) is 14.3 Å². The van der Waals surface area contributed by atoms with Gasteiger partial charge in [-0.25, -0.2) is 0 Å². The first-order chi connectivity index (χ1) is 20.6. The van der Waals surface area contributed by atoms with E-state index in [4.69, 9.17) is 18.9 Å². The van der Waals surface area contributed by atoms with E-state index in [2.05, 4.69) is 32.6 Å². The highest BCUT2D eigenvalue weighted by Gasteiger charge is 2.46. The predicted octanol–water partition coefficient (Wildman–Crippen LogP) is 5.22. The van der Waals surface area contributed by atoms with E-state index >= 15 is 0 Å². The van der Waals surface area contributed by atoms with Crippen molar-refractivity contribution in [2.24, 2.45) is 11.8 Å². The Kier molecular flexibility index (Phi) is 11.1. The molecule has 1 atom stereocenters. The Hall–Kier alpha value is -3.56. The van der Waals surface area contributed by atoms with E-state index in [0.717, 1.165) is 25.1 Å². The lowest BCUT2D eigenvalue weighted by atomic mass is 9.93. The molecular weight excluding hydrogens is 548 g/mol. The molecule has 0 spiro atoms. The maximum Gasteiger partial charge on any atom is 0.295 e. The minimum absolute atomic E-state index is 0.0569. The van der Waals surface area contributed by atoms with Crippen molar-refractivity contribution in [1.29, 1.82) is 0 Å². The van der Waals surface area contributed by atoms with Crippen molar-refractivity contribution < 1.29 is 33.6 Å². The van der Waals surface area contributed by atoms with Gasteiger partial charge < -0.3 is 29.0 Å². The molecule has 4 rings (SSSR count). The van der Waals surface area contributed by atoms with Gasteiger partial charge in [-0.1, -0.05) is 33.8 Å². The zero-order valence-electron chi connectivity index (χ0n) is 26.4. The molecule has 0 radical (unpaired) electrons. The number of benzene rings is 2. The summed E-state index contributed by atoms with van der Waals surface area (Å²) in [5, 5.41) is 11.7. The molecule has 2 aliphatic heterocycles. The Morgan fingerprint density at radius 3 is 2.37 bits per heavy atom. The second-order valence-corrected chi connectivity index (χ2v) is 12.1. The van der Waals surface area contributed by atoms with Crippen molar-refractivity contribution in [3.05, 3.63) is 58.7 Å². The third-order valence-corrected chi connectivity index (χ3v) is 7.79. The zero-order valence-corrected chi connectivity index (χ0v) is 26.4. The average Bonchev–Trinajstić information content (AvgIpc) is 3.24. The van der Waals surface area contributed by atoms with Gasteiger partial charge in [0, 0.05) is 31.7 Å². The fourth-order valence-corrected chi connectivity index (χ4v) is 5.31. The van der Waals surface area contributed by atoms with Crippen LogP contribution < -0.4 is 14.2 Å². The van der Waals surface area contributed by atoms with Gasteiger partial charge in [0.25, 0.3) is 11.7 Å². The lowest BCUT2D eigenvalue weighted by Crippen LogP contribution is -2.42. The number of aliphatic hydroxyl groups excluding tert-OH is 1. The van der Waals surface area contributed by atoms with Crippen molar-refractivity contribution in [3.8, 4) is 17.2 Å². The fraction of sp³-hybridized carbons (Fsp3) is 0.529. The standard InChI is InChI=1S/C34H46N2O7/c1-22(2)11-16-42-28-10-7-25(20-29(28)40-6)31-30(32(37)27-9-8-26(19-24(27)5)43-21-23(3)4)33(38)34(39)36(31)13-12-35-14-17-41-18-15-35/h7-10,19-20,22-23,31,37H,11-18,21H2,1-6H3/b32-30+. The van der Waals surface area contributed by atoms with Crippen LogP contribution in [-0.4, -0.2) is 86.3 Å². The van der Waals surface area contributed by atoms with Crippen molar-refractivity contribution in [1.82, 2.24) is 9.80 Å². The number of aliphatic hydroxyl groups is 1. The third kappa shape index (κ3) is 7.89. The Bertz CT molecular complexity index is 1310. The molecule has 0 saturated carbocycles.